The molecule has 0 saturated carbocycles. The molecular formula is C21H22N4O2. The first-order valence-corrected chi connectivity index (χ1v) is 9.10. The Morgan fingerprint density at radius 3 is 2.67 bits per heavy atom. The molecule has 1 unspecified atom stereocenters. The quantitative estimate of drug-likeness (QED) is 0.716. The Hall–Kier alpha value is -3.02. The summed E-state index contributed by atoms with van der Waals surface area (Å²) >= 11 is 0. The van der Waals surface area contributed by atoms with Crippen molar-refractivity contribution in [3.63, 3.8) is 0 Å². The minimum absolute atomic E-state index is 0.128. The molecule has 0 saturated heterocycles. The van der Waals surface area contributed by atoms with Crippen LogP contribution in [-0.2, 0) is 12.8 Å². The minimum atomic E-state index is -0.128. The van der Waals surface area contributed by atoms with Crippen molar-refractivity contribution in [1.29, 1.82) is 0 Å². The molecule has 1 aliphatic carbocycles. The minimum Gasteiger partial charge on any atom is -0.494 e. The number of hydrogen-bond acceptors (Lipinski definition) is 5. The SMILES string of the molecule is COc1cnc(-n2ncc3c(c2=O)CCC(c2cc(C)ccc2C)C3)nc1. The lowest BCUT2D eigenvalue weighted by atomic mass is 9.79. The largest absolute Gasteiger partial charge is 0.494 e. The summed E-state index contributed by atoms with van der Waals surface area (Å²) in [5.74, 6) is 1.23. The van der Waals surface area contributed by atoms with Gasteiger partial charge in [0.2, 0.25) is 0 Å². The first-order chi connectivity index (χ1) is 13.1. The summed E-state index contributed by atoms with van der Waals surface area (Å²) < 4.78 is 6.34. The second kappa shape index (κ2) is 6.95. The van der Waals surface area contributed by atoms with Gasteiger partial charge in [0.1, 0.15) is 0 Å². The predicted octanol–water partition coefficient (Wildman–Crippen LogP) is 2.92. The molecule has 138 valence electrons. The van der Waals surface area contributed by atoms with Gasteiger partial charge in [-0.25, -0.2) is 9.97 Å². The number of ether oxygens (including phenoxy) is 1. The summed E-state index contributed by atoms with van der Waals surface area (Å²) in [5, 5.41) is 4.32. The maximum absolute atomic E-state index is 12.9. The van der Waals surface area contributed by atoms with Gasteiger partial charge in [-0.05, 0) is 55.7 Å². The molecule has 1 atom stereocenters. The Kier molecular flexibility index (Phi) is 4.48. The number of aryl methyl sites for hydroxylation is 2. The fraction of sp³-hybridized carbons (Fsp3) is 0.333. The van der Waals surface area contributed by atoms with Gasteiger partial charge in [-0.3, -0.25) is 4.79 Å². The maximum Gasteiger partial charge on any atom is 0.277 e. The van der Waals surface area contributed by atoms with Crippen molar-refractivity contribution in [3.05, 3.63) is 75.0 Å². The summed E-state index contributed by atoms with van der Waals surface area (Å²) in [5.41, 5.74) is 5.68. The fourth-order valence-electron chi connectivity index (χ4n) is 3.78. The van der Waals surface area contributed by atoms with E-state index in [1.165, 1.54) is 33.8 Å². The molecule has 2 aromatic heterocycles. The van der Waals surface area contributed by atoms with Gasteiger partial charge in [-0.2, -0.15) is 9.78 Å². The van der Waals surface area contributed by atoms with Gasteiger partial charge >= 0.3 is 0 Å². The second-order valence-electron chi connectivity index (χ2n) is 7.09. The molecule has 2 heterocycles. The topological polar surface area (TPSA) is 69.9 Å². The zero-order valence-electron chi connectivity index (χ0n) is 15.8. The normalized spacial score (nSPS) is 16.0. The average Bonchev–Trinajstić information content (AvgIpc) is 2.70. The Balaban J connectivity index is 1.67. The summed E-state index contributed by atoms with van der Waals surface area (Å²) in [4.78, 5) is 21.3. The van der Waals surface area contributed by atoms with Crippen LogP contribution in [-0.4, -0.2) is 26.9 Å². The molecule has 1 aliphatic rings. The number of fused-ring (bicyclic) bond motifs is 1. The third kappa shape index (κ3) is 3.23. The molecule has 0 N–H and O–H groups in total. The van der Waals surface area contributed by atoms with Crippen LogP contribution in [0, 0.1) is 13.8 Å². The van der Waals surface area contributed by atoms with Crippen molar-refractivity contribution < 1.29 is 4.74 Å². The Bertz CT molecular complexity index is 1040. The maximum atomic E-state index is 12.9. The van der Waals surface area contributed by atoms with Crippen LogP contribution in [0.4, 0.5) is 0 Å². The monoisotopic (exact) mass is 362 g/mol. The zero-order valence-corrected chi connectivity index (χ0v) is 15.8. The number of aromatic nitrogens is 4. The summed E-state index contributed by atoms with van der Waals surface area (Å²) in [6.07, 6.45) is 7.40. The standard InChI is InChI=1S/C21H22N4O2/c1-13-4-5-14(2)19(8-13)15-6-7-18-16(9-15)10-24-25(20(18)26)21-22-11-17(27-3)12-23-21/h4-5,8,10-12,15H,6-7,9H2,1-3H3. The lowest BCUT2D eigenvalue weighted by Crippen LogP contribution is -2.30. The highest BCUT2D eigenvalue weighted by Crippen LogP contribution is 2.33. The van der Waals surface area contributed by atoms with Crippen LogP contribution in [0.2, 0.25) is 0 Å². The number of nitrogens with zero attached hydrogens (tertiary/aromatic N) is 4. The Morgan fingerprint density at radius 2 is 1.93 bits per heavy atom. The van der Waals surface area contributed by atoms with E-state index in [4.69, 9.17) is 4.74 Å². The third-order valence-electron chi connectivity index (χ3n) is 5.29. The van der Waals surface area contributed by atoms with Crippen LogP contribution in [0.15, 0.2) is 41.6 Å². The highest BCUT2D eigenvalue weighted by Gasteiger charge is 2.25. The van der Waals surface area contributed by atoms with Gasteiger partial charge < -0.3 is 4.74 Å². The molecule has 4 rings (SSSR count). The molecule has 1 aromatic carbocycles. The molecule has 0 radical (unpaired) electrons. The average molecular weight is 362 g/mol. The van der Waals surface area contributed by atoms with Gasteiger partial charge in [-0.1, -0.05) is 23.8 Å². The summed E-state index contributed by atoms with van der Waals surface area (Å²) in [7, 11) is 1.55. The van der Waals surface area contributed by atoms with Crippen LogP contribution < -0.4 is 10.3 Å². The van der Waals surface area contributed by atoms with E-state index in [-0.39, 0.29) is 11.5 Å². The van der Waals surface area contributed by atoms with E-state index >= 15 is 0 Å². The Labute approximate surface area is 157 Å². The molecule has 0 fully saturated rings. The Morgan fingerprint density at radius 1 is 1.15 bits per heavy atom. The summed E-state index contributed by atoms with van der Waals surface area (Å²) in [6.45, 7) is 4.27. The molecule has 3 aromatic rings. The fourth-order valence-corrected chi connectivity index (χ4v) is 3.78. The number of hydrogen-bond donors (Lipinski definition) is 0. The van der Waals surface area contributed by atoms with Crippen LogP contribution in [0.5, 0.6) is 5.75 Å². The highest BCUT2D eigenvalue weighted by atomic mass is 16.5. The van der Waals surface area contributed by atoms with Crippen LogP contribution >= 0.6 is 0 Å². The van der Waals surface area contributed by atoms with Gasteiger partial charge in [0.25, 0.3) is 11.5 Å². The van der Waals surface area contributed by atoms with E-state index < -0.39 is 0 Å². The van der Waals surface area contributed by atoms with Crippen LogP contribution in [0.3, 0.4) is 0 Å². The molecule has 0 spiro atoms. The number of rotatable bonds is 3. The third-order valence-corrected chi connectivity index (χ3v) is 5.29. The first-order valence-electron chi connectivity index (χ1n) is 9.10. The van der Waals surface area contributed by atoms with Crippen molar-refractivity contribution >= 4 is 0 Å². The van der Waals surface area contributed by atoms with E-state index in [0.717, 1.165) is 30.4 Å². The van der Waals surface area contributed by atoms with E-state index in [1.807, 2.05) is 0 Å². The second-order valence-corrected chi connectivity index (χ2v) is 7.09. The molecule has 27 heavy (non-hydrogen) atoms. The van der Waals surface area contributed by atoms with E-state index in [0.29, 0.717) is 11.7 Å². The highest BCUT2D eigenvalue weighted by molar-refractivity contribution is 5.37. The summed E-state index contributed by atoms with van der Waals surface area (Å²) in [6, 6.07) is 6.59. The van der Waals surface area contributed by atoms with Crippen molar-refractivity contribution in [2.45, 2.75) is 39.0 Å². The van der Waals surface area contributed by atoms with Gasteiger partial charge in [-0.15, -0.1) is 0 Å². The molecule has 6 nitrogen and oxygen atoms in total. The number of benzene rings is 1. The van der Waals surface area contributed by atoms with Gasteiger partial charge in [0, 0.05) is 5.56 Å². The number of methoxy groups -OCH3 is 1. The smallest absolute Gasteiger partial charge is 0.277 e. The van der Waals surface area contributed by atoms with Crippen molar-refractivity contribution in [3.8, 4) is 11.7 Å². The lowest BCUT2D eigenvalue weighted by Gasteiger charge is -2.26. The van der Waals surface area contributed by atoms with Crippen LogP contribution in [0.1, 0.15) is 40.2 Å². The van der Waals surface area contributed by atoms with Crippen molar-refractivity contribution in [2.75, 3.05) is 7.11 Å². The first kappa shape index (κ1) is 17.4. The van der Waals surface area contributed by atoms with Gasteiger partial charge in [0.05, 0.1) is 25.7 Å². The molecule has 0 aliphatic heterocycles. The van der Waals surface area contributed by atoms with Crippen molar-refractivity contribution in [2.24, 2.45) is 0 Å². The van der Waals surface area contributed by atoms with Crippen molar-refractivity contribution in [1.82, 2.24) is 19.7 Å². The molecular weight excluding hydrogens is 340 g/mol. The molecule has 0 bridgehead atoms. The van der Waals surface area contributed by atoms with Crippen LogP contribution in [0.25, 0.3) is 5.95 Å². The van der Waals surface area contributed by atoms with E-state index in [2.05, 4.69) is 47.1 Å². The molecule has 6 heteroatoms. The van der Waals surface area contributed by atoms with E-state index in [1.54, 1.807) is 13.3 Å². The lowest BCUT2D eigenvalue weighted by molar-refractivity contribution is 0.410. The molecule has 0 amide bonds. The predicted molar refractivity (Wildman–Crippen MR) is 103 cm³/mol. The van der Waals surface area contributed by atoms with Gasteiger partial charge in [0.15, 0.2) is 5.75 Å². The van der Waals surface area contributed by atoms with E-state index in [9.17, 15) is 4.79 Å². The zero-order chi connectivity index (χ0) is 19.0.